The molecule has 0 heterocycles. The summed E-state index contributed by atoms with van der Waals surface area (Å²) in [5, 5.41) is 0. The first-order chi connectivity index (χ1) is 9.63. The first kappa shape index (κ1) is 14.1. The van der Waals surface area contributed by atoms with Crippen molar-refractivity contribution in [2.75, 3.05) is 14.2 Å². The molecule has 0 saturated heterocycles. The van der Waals surface area contributed by atoms with Crippen molar-refractivity contribution in [3.63, 3.8) is 0 Å². The molecule has 0 saturated carbocycles. The molecular formula is C16H16O4. The van der Waals surface area contributed by atoms with Crippen molar-refractivity contribution >= 4 is 17.8 Å². The van der Waals surface area contributed by atoms with Crippen LogP contribution < -0.4 is 4.74 Å². The molecule has 0 bridgehead atoms. The Bertz CT molecular complexity index is 579. The number of ketones is 1. The number of hydrogen-bond donors (Lipinski definition) is 0. The van der Waals surface area contributed by atoms with Gasteiger partial charge in [0.25, 0.3) is 0 Å². The molecule has 4 heteroatoms. The van der Waals surface area contributed by atoms with E-state index in [-0.39, 0.29) is 5.78 Å². The van der Waals surface area contributed by atoms with Crippen LogP contribution in [-0.2, 0) is 14.3 Å². The molecule has 1 aromatic rings. The van der Waals surface area contributed by atoms with Crippen molar-refractivity contribution in [2.45, 2.75) is 12.8 Å². The Balaban J connectivity index is 2.18. The van der Waals surface area contributed by atoms with Gasteiger partial charge >= 0.3 is 5.97 Å². The average Bonchev–Trinajstić information content (AvgIpc) is 2.49. The van der Waals surface area contributed by atoms with Gasteiger partial charge in [-0.15, -0.1) is 0 Å². The molecule has 104 valence electrons. The summed E-state index contributed by atoms with van der Waals surface area (Å²) in [6.07, 6.45) is 4.28. The number of carbonyl (C=O) groups is 2. The van der Waals surface area contributed by atoms with E-state index in [1.54, 1.807) is 7.11 Å². The lowest BCUT2D eigenvalue weighted by molar-refractivity contribution is -0.136. The third kappa shape index (κ3) is 3.15. The molecule has 0 fully saturated rings. The van der Waals surface area contributed by atoms with Gasteiger partial charge in [0, 0.05) is 11.1 Å². The molecule has 0 amide bonds. The van der Waals surface area contributed by atoms with Crippen LogP contribution in [0.2, 0.25) is 0 Å². The topological polar surface area (TPSA) is 52.6 Å². The third-order valence-electron chi connectivity index (χ3n) is 3.19. The number of esters is 1. The summed E-state index contributed by atoms with van der Waals surface area (Å²) >= 11 is 0. The van der Waals surface area contributed by atoms with Crippen molar-refractivity contribution in [2.24, 2.45) is 0 Å². The Kier molecular flexibility index (Phi) is 4.35. The van der Waals surface area contributed by atoms with E-state index in [2.05, 4.69) is 4.74 Å². The van der Waals surface area contributed by atoms with Crippen molar-refractivity contribution in [1.29, 1.82) is 0 Å². The second-order valence-corrected chi connectivity index (χ2v) is 4.47. The van der Waals surface area contributed by atoms with Gasteiger partial charge in [-0.2, -0.15) is 0 Å². The minimum Gasteiger partial charge on any atom is -0.497 e. The van der Waals surface area contributed by atoms with E-state index in [1.165, 1.54) is 13.2 Å². The van der Waals surface area contributed by atoms with Gasteiger partial charge in [0.15, 0.2) is 5.78 Å². The van der Waals surface area contributed by atoms with E-state index in [1.807, 2.05) is 30.3 Å². The van der Waals surface area contributed by atoms with Gasteiger partial charge in [-0.05, 0) is 42.7 Å². The average molecular weight is 272 g/mol. The maximum absolute atomic E-state index is 12.0. The Morgan fingerprint density at radius 1 is 1.15 bits per heavy atom. The highest BCUT2D eigenvalue weighted by atomic mass is 16.5. The van der Waals surface area contributed by atoms with E-state index < -0.39 is 5.97 Å². The number of methoxy groups -OCH3 is 2. The van der Waals surface area contributed by atoms with Gasteiger partial charge in [0.05, 0.1) is 14.2 Å². The third-order valence-corrected chi connectivity index (χ3v) is 3.19. The van der Waals surface area contributed by atoms with Crippen LogP contribution in [0.4, 0.5) is 0 Å². The second-order valence-electron chi connectivity index (χ2n) is 4.47. The highest BCUT2D eigenvalue weighted by Crippen LogP contribution is 2.23. The van der Waals surface area contributed by atoms with Gasteiger partial charge in [0.1, 0.15) is 5.75 Å². The van der Waals surface area contributed by atoms with Crippen LogP contribution in [-0.4, -0.2) is 26.0 Å². The minimum absolute atomic E-state index is 0.132. The zero-order valence-corrected chi connectivity index (χ0v) is 11.5. The molecule has 1 aliphatic rings. The van der Waals surface area contributed by atoms with Crippen molar-refractivity contribution in [3.05, 3.63) is 47.1 Å². The molecule has 0 radical (unpaired) electrons. The lowest BCUT2D eigenvalue weighted by Crippen LogP contribution is -2.14. The zero-order valence-electron chi connectivity index (χ0n) is 11.5. The normalized spacial score (nSPS) is 16.8. The molecule has 0 aromatic heterocycles. The molecular weight excluding hydrogens is 256 g/mol. The molecule has 20 heavy (non-hydrogen) atoms. The summed E-state index contributed by atoms with van der Waals surface area (Å²) in [6.45, 7) is 0. The maximum Gasteiger partial charge on any atom is 0.333 e. The molecule has 0 aliphatic heterocycles. The molecule has 2 rings (SSSR count). The Labute approximate surface area is 117 Å². The SMILES string of the molecule is COC(=O)C1=CC(=O)/C(=C/c2ccc(OC)cc2)CC1. The number of ether oxygens (including phenoxy) is 2. The highest BCUT2D eigenvalue weighted by molar-refractivity contribution is 6.12. The van der Waals surface area contributed by atoms with E-state index in [4.69, 9.17) is 4.74 Å². The van der Waals surface area contributed by atoms with Crippen LogP contribution in [0, 0.1) is 0 Å². The summed E-state index contributed by atoms with van der Waals surface area (Å²) in [5.41, 5.74) is 2.07. The maximum atomic E-state index is 12.0. The number of rotatable bonds is 3. The molecule has 0 unspecified atom stereocenters. The first-order valence-corrected chi connectivity index (χ1v) is 6.32. The van der Waals surface area contributed by atoms with Gasteiger partial charge in [0.2, 0.25) is 0 Å². The Morgan fingerprint density at radius 3 is 2.40 bits per heavy atom. The highest BCUT2D eigenvalue weighted by Gasteiger charge is 2.20. The minimum atomic E-state index is -0.429. The summed E-state index contributed by atoms with van der Waals surface area (Å²) in [7, 11) is 2.92. The molecule has 0 N–H and O–H groups in total. The fourth-order valence-electron chi connectivity index (χ4n) is 2.05. The zero-order chi connectivity index (χ0) is 14.5. The van der Waals surface area contributed by atoms with Crippen molar-refractivity contribution in [3.8, 4) is 5.75 Å². The summed E-state index contributed by atoms with van der Waals surface area (Å²) in [6, 6.07) is 7.46. The van der Waals surface area contributed by atoms with E-state index in [9.17, 15) is 9.59 Å². The van der Waals surface area contributed by atoms with Crippen molar-refractivity contribution < 1.29 is 19.1 Å². The van der Waals surface area contributed by atoms with Crippen LogP contribution >= 0.6 is 0 Å². The Morgan fingerprint density at radius 2 is 1.85 bits per heavy atom. The standard InChI is InChI=1S/C16H16O4/c1-19-14-7-3-11(4-8-14)9-12-5-6-13(10-15(12)17)16(18)20-2/h3-4,7-10H,5-6H2,1-2H3/b12-9+. The summed E-state index contributed by atoms with van der Waals surface area (Å²) < 4.78 is 9.71. The summed E-state index contributed by atoms with van der Waals surface area (Å²) in [4.78, 5) is 23.3. The largest absolute Gasteiger partial charge is 0.497 e. The van der Waals surface area contributed by atoms with Crippen molar-refractivity contribution in [1.82, 2.24) is 0 Å². The summed E-state index contributed by atoms with van der Waals surface area (Å²) in [5.74, 6) is 0.212. The predicted molar refractivity (Wildman–Crippen MR) is 75.3 cm³/mol. The first-order valence-electron chi connectivity index (χ1n) is 6.32. The fourth-order valence-corrected chi connectivity index (χ4v) is 2.05. The van der Waals surface area contributed by atoms with Crippen LogP contribution in [0.1, 0.15) is 18.4 Å². The smallest absolute Gasteiger partial charge is 0.333 e. The van der Waals surface area contributed by atoms with Crippen LogP contribution in [0.25, 0.3) is 6.08 Å². The van der Waals surface area contributed by atoms with Gasteiger partial charge < -0.3 is 9.47 Å². The van der Waals surface area contributed by atoms with Gasteiger partial charge in [-0.25, -0.2) is 4.79 Å². The predicted octanol–water partition coefficient (Wildman–Crippen LogP) is 2.54. The van der Waals surface area contributed by atoms with Gasteiger partial charge in [-0.3, -0.25) is 4.79 Å². The molecule has 0 spiro atoms. The molecule has 1 aromatic carbocycles. The second kappa shape index (κ2) is 6.19. The lowest BCUT2D eigenvalue weighted by Gasteiger charge is -2.13. The molecule has 0 atom stereocenters. The number of benzene rings is 1. The van der Waals surface area contributed by atoms with Crippen LogP contribution in [0.15, 0.2) is 41.5 Å². The number of carbonyl (C=O) groups excluding carboxylic acids is 2. The van der Waals surface area contributed by atoms with Crippen LogP contribution in [0.3, 0.4) is 0 Å². The molecule has 1 aliphatic carbocycles. The number of hydrogen-bond acceptors (Lipinski definition) is 4. The fraction of sp³-hybridized carbons (Fsp3) is 0.250. The number of allylic oxidation sites excluding steroid dienone is 2. The molecule has 4 nitrogen and oxygen atoms in total. The monoisotopic (exact) mass is 272 g/mol. The van der Waals surface area contributed by atoms with E-state index in [0.717, 1.165) is 11.3 Å². The quantitative estimate of drug-likeness (QED) is 0.626. The van der Waals surface area contributed by atoms with Gasteiger partial charge in [-0.1, -0.05) is 12.1 Å². The lowest BCUT2D eigenvalue weighted by atomic mass is 9.92. The van der Waals surface area contributed by atoms with E-state index >= 15 is 0 Å². The van der Waals surface area contributed by atoms with Crippen LogP contribution in [0.5, 0.6) is 5.75 Å². The Hall–Kier alpha value is -2.36. The van der Waals surface area contributed by atoms with E-state index in [0.29, 0.717) is 24.0 Å².